The van der Waals surface area contributed by atoms with Gasteiger partial charge in [0.05, 0.1) is 12.3 Å². The molecule has 2 rings (SSSR count). The molecule has 1 heterocycles. The summed E-state index contributed by atoms with van der Waals surface area (Å²) in [4.78, 5) is 1.92. The SMILES string of the molecule is CCCCOc1ccc(N2CCC(C)CC2)c(F)c1F. The lowest BCUT2D eigenvalue weighted by Crippen LogP contribution is -2.33. The standard InChI is InChI=1S/C16H23F2NO/c1-3-4-11-20-14-6-5-13(15(17)16(14)18)19-9-7-12(2)8-10-19/h5-6,12H,3-4,7-11H2,1-2H3. The maximum atomic E-state index is 14.2. The molecule has 1 aliphatic rings. The molecule has 1 aromatic carbocycles. The van der Waals surface area contributed by atoms with Gasteiger partial charge in [0, 0.05) is 13.1 Å². The van der Waals surface area contributed by atoms with Crippen molar-refractivity contribution < 1.29 is 13.5 Å². The third kappa shape index (κ3) is 3.41. The van der Waals surface area contributed by atoms with Crippen LogP contribution in [-0.2, 0) is 0 Å². The van der Waals surface area contributed by atoms with Crippen LogP contribution in [0.5, 0.6) is 5.75 Å². The Kier molecular flexibility index (Phi) is 5.21. The van der Waals surface area contributed by atoms with Crippen molar-refractivity contribution in [3.05, 3.63) is 23.8 Å². The third-order valence-electron chi connectivity index (χ3n) is 3.91. The molecule has 4 heteroatoms. The first-order valence-corrected chi connectivity index (χ1v) is 7.49. The number of piperidine rings is 1. The molecule has 0 unspecified atom stereocenters. The molecule has 0 bridgehead atoms. The average Bonchev–Trinajstić information content (AvgIpc) is 2.45. The summed E-state index contributed by atoms with van der Waals surface area (Å²) < 4.78 is 33.4. The van der Waals surface area contributed by atoms with Gasteiger partial charge in [0.15, 0.2) is 11.6 Å². The average molecular weight is 283 g/mol. The molecule has 1 saturated heterocycles. The van der Waals surface area contributed by atoms with Crippen molar-refractivity contribution in [2.75, 3.05) is 24.6 Å². The smallest absolute Gasteiger partial charge is 0.202 e. The fraction of sp³-hybridized carbons (Fsp3) is 0.625. The first-order chi connectivity index (χ1) is 9.63. The van der Waals surface area contributed by atoms with Gasteiger partial charge in [-0.1, -0.05) is 20.3 Å². The van der Waals surface area contributed by atoms with Gasteiger partial charge >= 0.3 is 0 Å². The predicted octanol–water partition coefficient (Wildman–Crippen LogP) is 4.38. The fourth-order valence-corrected chi connectivity index (χ4v) is 2.45. The highest BCUT2D eigenvalue weighted by Crippen LogP contribution is 2.31. The van der Waals surface area contributed by atoms with E-state index in [1.165, 1.54) is 0 Å². The van der Waals surface area contributed by atoms with Crippen LogP contribution in [0.25, 0.3) is 0 Å². The number of rotatable bonds is 5. The van der Waals surface area contributed by atoms with Crippen molar-refractivity contribution in [2.45, 2.75) is 39.5 Å². The maximum absolute atomic E-state index is 14.2. The zero-order chi connectivity index (χ0) is 14.5. The van der Waals surface area contributed by atoms with Gasteiger partial charge in [0.25, 0.3) is 0 Å². The Balaban J connectivity index is 2.09. The molecule has 1 aromatic rings. The lowest BCUT2D eigenvalue weighted by atomic mass is 9.99. The molecule has 0 aromatic heterocycles. The summed E-state index contributed by atoms with van der Waals surface area (Å²) in [7, 11) is 0. The van der Waals surface area contributed by atoms with Crippen LogP contribution < -0.4 is 9.64 Å². The summed E-state index contributed by atoms with van der Waals surface area (Å²) in [6.45, 7) is 6.22. The van der Waals surface area contributed by atoms with Gasteiger partial charge in [-0.25, -0.2) is 4.39 Å². The van der Waals surface area contributed by atoms with Crippen LogP contribution >= 0.6 is 0 Å². The Labute approximate surface area is 119 Å². The molecular formula is C16H23F2NO. The van der Waals surface area contributed by atoms with E-state index in [2.05, 4.69) is 6.92 Å². The normalized spacial score (nSPS) is 16.5. The molecule has 112 valence electrons. The highest BCUT2D eigenvalue weighted by Gasteiger charge is 2.22. The van der Waals surface area contributed by atoms with Crippen LogP contribution in [0.3, 0.4) is 0 Å². The van der Waals surface area contributed by atoms with E-state index in [9.17, 15) is 8.78 Å². The Hall–Kier alpha value is -1.32. The Morgan fingerprint density at radius 3 is 2.55 bits per heavy atom. The maximum Gasteiger partial charge on any atom is 0.202 e. The Morgan fingerprint density at radius 1 is 1.20 bits per heavy atom. The summed E-state index contributed by atoms with van der Waals surface area (Å²) >= 11 is 0. The molecule has 0 N–H and O–H groups in total. The first kappa shape index (κ1) is 15.1. The van der Waals surface area contributed by atoms with Crippen LogP contribution in [0, 0.1) is 17.6 Å². The molecule has 0 saturated carbocycles. The van der Waals surface area contributed by atoms with Gasteiger partial charge in [0.2, 0.25) is 5.82 Å². The summed E-state index contributed by atoms with van der Waals surface area (Å²) in [5, 5.41) is 0. The van der Waals surface area contributed by atoms with Crippen molar-refractivity contribution in [2.24, 2.45) is 5.92 Å². The van der Waals surface area contributed by atoms with E-state index in [1.807, 2.05) is 11.8 Å². The molecule has 20 heavy (non-hydrogen) atoms. The Morgan fingerprint density at radius 2 is 1.90 bits per heavy atom. The van der Waals surface area contributed by atoms with Gasteiger partial charge < -0.3 is 9.64 Å². The van der Waals surface area contributed by atoms with Gasteiger partial charge in [-0.2, -0.15) is 4.39 Å². The van der Waals surface area contributed by atoms with E-state index in [0.717, 1.165) is 38.8 Å². The summed E-state index contributed by atoms with van der Waals surface area (Å²) in [6, 6.07) is 3.18. The topological polar surface area (TPSA) is 12.5 Å². The molecule has 1 fully saturated rings. The zero-order valence-electron chi connectivity index (χ0n) is 12.3. The van der Waals surface area contributed by atoms with Crippen LogP contribution in [0.4, 0.5) is 14.5 Å². The number of ether oxygens (including phenoxy) is 1. The molecule has 0 atom stereocenters. The monoisotopic (exact) mass is 283 g/mol. The van der Waals surface area contributed by atoms with E-state index in [0.29, 0.717) is 18.2 Å². The number of anilines is 1. The number of halogens is 2. The van der Waals surface area contributed by atoms with Crippen LogP contribution in [0.1, 0.15) is 39.5 Å². The number of hydrogen-bond acceptors (Lipinski definition) is 2. The van der Waals surface area contributed by atoms with Crippen LogP contribution in [-0.4, -0.2) is 19.7 Å². The van der Waals surface area contributed by atoms with Crippen LogP contribution in [0.15, 0.2) is 12.1 Å². The summed E-state index contributed by atoms with van der Waals surface area (Å²) in [6.07, 6.45) is 3.85. The highest BCUT2D eigenvalue weighted by atomic mass is 19.2. The summed E-state index contributed by atoms with van der Waals surface area (Å²) in [5.41, 5.74) is 0.359. The molecule has 0 amide bonds. The van der Waals surface area contributed by atoms with Gasteiger partial charge in [-0.15, -0.1) is 0 Å². The van der Waals surface area contributed by atoms with Gasteiger partial charge in [-0.3, -0.25) is 0 Å². The molecule has 0 spiro atoms. The largest absolute Gasteiger partial charge is 0.490 e. The summed E-state index contributed by atoms with van der Waals surface area (Å²) in [5.74, 6) is -0.966. The minimum absolute atomic E-state index is 0.0186. The molecule has 0 radical (unpaired) electrons. The van der Waals surface area contributed by atoms with E-state index >= 15 is 0 Å². The second-order valence-corrected chi connectivity index (χ2v) is 5.58. The van der Waals surface area contributed by atoms with Gasteiger partial charge in [-0.05, 0) is 37.3 Å². The number of hydrogen-bond donors (Lipinski definition) is 0. The second-order valence-electron chi connectivity index (χ2n) is 5.58. The van der Waals surface area contributed by atoms with Crippen molar-refractivity contribution in [3.63, 3.8) is 0 Å². The van der Waals surface area contributed by atoms with Crippen LogP contribution in [0.2, 0.25) is 0 Å². The predicted molar refractivity (Wildman–Crippen MR) is 77.4 cm³/mol. The molecule has 2 nitrogen and oxygen atoms in total. The molecular weight excluding hydrogens is 260 g/mol. The number of unbranched alkanes of at least 4 members (excludes halogenated alkanes) is 1. The number of benzene rings is 1. The highest BCUT2D eigenvalue weighted by molar-refractivity contribution is 5.51. The van der Waals surface area contributed by atoms with Crippen molar-refractivity contribution in [1.82, 2.24) is 0 Å². The second kappa shape index (κ2) is 6.91. The van der Waals surface area contributed by atoms with Gasteiger partial charge in [0.1, 0.15) is 0 Å². The lowest BCUT2D eigenvalue weighted by molar-refractivity contribution is 0.288. The molecule has 1 aliphatic heterocycles. The van der Waals surface area contributed by atoms with Crippen molar-refractivity contribution in [1.29, 1.82) is 0 Å². The Bertz CT molecular complexity index is 442. The minimum atomic E-state index is -0.864. The van der Waals surface area contributed by atoms with Crippen molar-refractivity contribution >= 4 is 5.69 Å². The number of nitrogens with zero attached hydrogens (tertiary/aromatic N) is 1. The molecule has 0 aliphatic carbocycles. The first-order valence-electron chi connectivity index (χ1n) is 7.49. The van der Waals surface area contributed by atoms with Crippen molar-refractivity contribution in [3.8, 4) is 5.75 Å². The zero-order valence-corrected chi connectivity index (χ0v) is 12.3. The van der Waals surface area contributed by atoms with E-state index in [4.69, 9.17) is 4.74 Å². The van der Waals surface area contributed by atoms with E-state index in [-0.39, 0.29) is 5.75 Å². The third-order valence-corrected chi connectivity index (χ3v) is 3.91. The van der Waals surface area contributed by atoms with E-state index < -0.39 is 11.6 Å². The fourth-order valence-electron chi connectivity index (χ4n) is 2.45. The minimum Gasteiger partial charge on any atom is -0.490 e. The van der Waals surface area contributed by atoms with E-state index in [1.54, 1.807) is 12.1 Å². The quantitative estimate of drug-likeness (QED) is 0.744. The lowest BCUT2D eigenvalue weighted by Gasteiger charge is -2.32.